The number of aryl methyl sites for hydroxylation is 1. The highest BCUT2D eigenvalue weighted by molar-refractivity contribution is 7.99. The molecule has 1 unspecified atom stereocenters. The van der Waals surface area contributed by atoms with E-state index in [0.29, 0.717) is 0 Å². The Morgan fingerprint density at radius 3 is 2.71 bits per heavy atom. The quantitative estimate of drug-likeness (QED) is 0.751. The second-order valence-electron chi connectivity index (χ2n) is 4.91. The van der Waals surface area contributed by atoms with Crippen molar-refractivity contribution in [1.82, 2.24) is 15.1 Å². The Bertz CT molecular complexity index is 539. The van der Waals surface area contributed by atoms with Gasteiger partial charge in [0.25, 0.3) is 0 Å². The van der Waals surface area contributed by atoms with Crippen LogP contribution in [-0.2, 0) is 6.54 Å². The minimum absolute atomic E-state index is 0.191. The maximum atomic E-state index is 12.9. The summed E-state index contributed by atoms with van der Waals surface area (Å²) in [6.07, 6.45) is 5.13. The van der Waals surface area contributed by atoms with Crippen LogP contribution >= 0.6 is 11.8 Å². The third-order valence-corrected chi connectivity index (χ3v) is 4.29. The molecule has 0 saturated carbocycles. The third-order valence-electron chi connectivity index (χ3n) is 3.19. The fourth-order valence-electron chi connectivity index (χ4n) is 2.14. The molecule has 0 aliphatic carbocycles. The van der Waals surface area contributed by atoms with Gasteiger partial charge in [0, 0.05) is 35.0 Å². The monoisotopic (exact) mass is 307 g/mol. The molecule has 0 fully saturated rings. The number of benzene rings is 1. The predicted molar refractivity (Wildman–Crippen MR) is 86.1 cm³/mol. The molecule has 5 heteroatoms. The van der Waals surface area contributed by atoms with Gasteiger partial charge in [-0.2, -0.15) is 5.10 Å². The van der Waals surface area contributed by atoms with Crippen LogP contribution in [0.25, 0.3) is 0 Å². The maximum Gasteiger partial charge on any atom is 0.123 e. The number of thioether (sulfide) groups is 1. The molecule has 0 spiro atoms. The van der Waals surface area contributed by atoms with E-state index in [1.165, 1.54) is 17.7 Å². The number of hydrogen-bond acceptors (Lipinski definition) is 3. The van der Waals surface area contributed by atoms with Gasteiger partial charge >= 0.3 is 0 Å². The van der Waals surface area contributed by atoms with Crippen LogP contribution in [0.15, 0.2) is 41.6 Å². The Balaban J connectivity index is 1.99. The molecule has 3 nitrogen and oxygen atoms in total. The minimum atomic E-state index is -0.191. The minimum Gasteiger partial charge on any atom is -0.309 e. The van der Waals surface area contributed by atoms with E-state index >= 15 is 0 Å². The van der Waals surface area contributed by atoms with E-state index in [0.717, 1.165) is 30.2 Å². The highest BCUT2D eigenvalue weighted by atomic mass is 32.2. The summed E-state index contributed by atoms with van der Waals surface area (Å²) in [5, 5.41) is 7.88. The lowest BCUT2D eigenvalue weighted by atomic mass is 10.2. The summed E-state index contributed by atoms with van der Waals surface area (Å²) in [4.78, 5) is 1.08. The molecule has 0 saturated heterocycles. The second-order valence-corrected chi connectivity index (χ2v) is 6.01. The van der Waals surface area contributed by atoms with E-state index in [9.17, 15) is 4.39 Å². The van der Waals surface area contributed by atoms with Crippen molar-refractivity contribution in [3.63, 3.8) is 0 Å². The van der Waals surface area contributed by atoms with Gasteiger partial charge < -0.3 is 5.32 Å². The van der Waals surface area contributed by atoms with Crippen LogP contribution in [0.4, 0.5) is 4.39 Å². The molecule has 0 amide bonds. The van der Waals surface area contributed by atoms with E-state index in [2.05, 4.69) is 30.5 Å². The summed E-state index contributed by atoms with van der Waals surface area (Å²) in [5.41, 5.74) is 1.21. The van der Waals surface area contributed by atoms with Gasteiger partial charge in [-0.05, 0) is 37.2 Å². The smallest absolute Gasteiger partial charge is 0.123 e. The summed E-state index contributed by atoms with van der Waals surface area (Å²) in [6, 6.07) is 6.91. The van der Waals surface area contributed by atoms with Crippen LogP contribution in [0.5, 0.6) is 0 Å². The highest BCUT2D eigenvalue weighted by Crippen LogP contribution is 2.24. The van der Waals surface area contributed by atoms with E-state index < -0.39 is 0 Å². The first kappa shape index (κ1) is 16.0. The average Bonchev–Trinajstić information content (AvgIpc) is 2.94. The topological polar surface area (TPSA) is 29.9 Å². The van der Waals surface area contributed by atoms with Crippen molar-refractivity contribution in [3.8, 4) is 0 Å². The Morgan fingerprint density at radius 2 is 2.05 bits per heavy atom. The van der Waals surface area contributed by atoms with Crippen LogP contribution in [0, 0.1) is 5.82 Å². The van der Waals surface area contributed by atoms with Crippen LogP contribution in [0.1, 0.15) is 31.9 Å². The molecule has 114 valence electrons. The molecule has 1 aromatic carbocycles. The molecule has 1 atom stereocenters. The zero-order chi connectivity index (χ0) is 15.1. The summed E-state index contributed by atoms with van der Waals surface area (Å²) < 4.78 is 14.9. The van der Waals surface area contributed by atoms with Gasteiger partial charge in [0.15, 0.2) is 0 Å². The Hall–Kier alpha value is -1.33. The van der Waals surface area contributed by atoms with Gasteiger partial charge in [-0.3, -0.25) is 4.68 Å². The molecule has 1 heterocycles. The van der Waals surface area contributed by atoms with Crippen LogP contribution < -0.4 is 5.32 Å². The Kier molecular flexibility index (Phi) is 6.26. The molecule has 1 N–H and O–H groups in total. The van der Waals surface area contributed by atoms with Crippen LogP contribution in [0.2, 0.25) is 0 Å². The fraction of sp³-hybridized carbons (Fsp3) is 0.438. The summed E-state index contributed by atoms with van der Waals surface area (Å²) in [5.74, 6) is 0.709. The van der Waals surface area contributed by atoms with Gasteiger partial charge in [-0.25, -0.2) is 4.39 Å². The highest BCUT2D eigenvalue weighted by Gasteiger charge is 2.13. The van der Waals surface area contributed by atoms with Gasteiger partial charge in [-0.15, -0.1) is 11.8 Å². The summed E-state index contributed by atoms with van der Waals surface area (Å²) in [7, 11) is 0. The zero-order valence-electron chi connectivity index (χ0n) is 12.6. The number of halogens is 1. The third kappa shape index (κ3) is 4.86. The van der Waals surface area contributed by atoms with Crippen molar-refractivity contribution in [1.29, 1.82) is 0 Å². The van der Waals surface area contributed by atoms with Crippen molar-refractivity contribution < 1.29 is 4.39 Å². The van der Waals surface area contributed by atoms with Gasteiger partial charge in [0.1, 0.15) is 5.82 Å². The lowest BCUT2D eigenvalue weighted by Crippen LogP contribution is -2.22. The van der Waals surface area contributed by atoms with E-state index in [-0.39, 0.29) is 11.9 Å². The number of rotatable bonds is 8. The van der Waals surface area contributed by atoms with Crippen molar-refractivity contribution >= 4 is 11.8 Å². The van der Waals surface area contributed by atoms with Crippen molar-refractivity contribution in [2.75, 3.05) is 12.3 Å². The normalized spacial score (nSPS) is 12.5. The molecule has 0 radical (unpaired) electrons. The number of nitrogens with zero attached hydrogens (tertiary/aromatic N) is 2. The molecular weight excluding hydrogens is 285 g/mol. The van der Waals surface area contributed by atoms with E-state index in [1.54, 1.807) is 11.8 Å². The SMILES string of the molecule is CCCn1cc(C(CSc2ccc(F)cc2)NCC)cn1. The lowest BCUT2D eigenvalue weighted by molar-refractivity contribution is 0.590. The maximum absolute atomic E-state index is 12.9. The molecule has 0 aliphatic heterocycles. The van der Waals surface area contributed by atoms with Gasteiger partial charge in [-0.1, -0.05) is 13.8 Å². The Morgan fingerprint density at radius 1 is 1.29 bits per heavy atom. The first-order valence-electron chi connectivity index (χ1n) is 7.37. The number of hydrogen-bond donors (Lipinski definition) is 1. The molecule has 0 bridgehead atoms. The number of nitrogens with one attached hydrogen (secondary N) is 1. The average molecular weight is 307 g/mol. The van der Waals surface area contributed by atoms with E-state index in [1.807, 2.05) is 23.0 Å². The predicted octanol–water partition coefficient (Wildman–Crippen LogP) is 3.88. The number of aromatic nitrogens is 2. The van der Waals surface area contributed by atoms with Crippen molar-refractivity contribution in [2.24, 2.45) is 0 Å². The lowest BCUT2D eigenvalue weighted by Gasteiger charge is -2.16. The Labute approximate surface area is 129 Å². The molecule has 0 aliphatic rings. The van der Waals surface area contributed by atoms with Gasteiger partial charge in [0.05, 0.1) is 6.20 Å². The van der Waals surface area contributed by atoms with E-state index in [4.69, 9.17) is 0 Å². The summed E-state index contributed by atoms with van der Waals surface area (Å²) >= 11 is 1.73. The van der Waals surface area contributed by atoms with Crippen LogP contribution in [0.3, 0.4) is 0 Å². The van der Waals surface area contributed by atoms with Crippen molar-refractivity contribution in [3.05, 3.63) is 48.0 Å². The van der Waals surface area contributed by atoms with Gasteiger partial charge in [0.2, 0.25) is 0 Å². The largest absolute Gasteiger partial charge is 0.309 e. The first-order chi connectivity index (χ1) is 10.2. The van der Waals surface area contributed by atoms with Crippen LogP contribution in [-0.4, -0.2) is 22.1 Å². The zero-order valence-corrected chi connectivity index (χ0v) is 13.4. The molecule has 21 heavy (non-hydrogen) atoms. The summed E-state index contributed by atoms with van der Waals surface area (Å²) in [6.45, 7) is 6.11. The first-order valence-corrected chi connectivity index (χ1v) is 8.35. The standard InChI is InChI=1S/C16H22FN3S/c1-3-9-20-11-13(10-19-20)16(18-4-2)12-21-15-7-5-14(17)6-8-15/h5-8,10-11,16,18H,3-4,9,12H2,1-2H3. The van der Waals surface area contributed by atoms with Crippen molar-refractivity contribution in [2.45, 2.75) is 37.8 Å². The molecule has 2 rings (SSSR count). The molecular formula is C16H22FN3S. The molecule has 1 aromatic heterocycles. The second kappa shape index (κ2) is 8.20. The fourth-order valence-corrected chi connectivity index (χ4v) is 3.14. The molecule has 2 aromatic rings.